The van der Waals surface area contributed by atoms with Crippen molar-refractivity contribution in [2.75, 3.05) is 13.1 Å². The zero-order valence-electron chi connectivity index (χ0n) is 10.6. The second-order valence-electron chi connectivity index (χ2n) is 5.62. The monoisotopic (exact) mass is 300 g/mol. The van der Waals surface area contributed by atoms with Crippen LogP contribution in [0.25, 0.3) is 0 Å². The van der Waals surface area contributed by atoms with E-state index in [0.29, 0.717) is 0 Å². The van der Waals surface area contributed by atoms with E-state index >= 15 is 0 Å². The Morgan fingerprint density at radius 3 is 1.27 bits per heavy atom. The van der Waals surface area contributed by atoms with E-state index in [-0.39, 0.29) is 0 Å². The number of nitrogens with zero attached hydrogens (tertiary/aromatic N) is 2. The van der Waals surface area contributed by atoms with Gasteiger partial charge in [-0.3, -0.25) is 0 Å². The van der Waals surface area contributed by atoms with Gasteiger partial charge in [-0.05, 0) is 52.4 Å². The fourth-order valence-corrected chi connectivity index (χ4v) is 21.2. The fourth-order valence-electron chi connectivity index (χ4n) is 2.73. The molecule has 0 aromatic heterocycles. The van der Waals surface area contributed by atoms with Crippen molar-refractivity contribution in [1.82, 2.24) is 8.46 Å². The van der Waals surface area contributed by atoms with Crippen LogP contribution in [0.1, 0.15) is 0 Å². The molecule has 0 aliphatic carbocycles. The lowest BCUT2D eigenvalue weighted by atomic mass is 10.7. The molecule has 0 spiro atoms. The van der Waals surface area contributed by atoms with Crippen molar-refractivity contribution < 1.29 is 0 Å². The third kappa shape index (κ3) is 2.88. The molecule has 1 fully saturated rings. The first-order chi connectivity index (χ1) is 6.47. The molecular weight excluding hydrogens is 279 g/mol. The molecule has 0 bridgehead atoms. The average Bonchev–Trinajstić information content (AvgIpc) is 2.21. The smallest absolute Gasteiger partial charge is 0.217 e. The normalized spacial score (nSPS) is 24.8. The van der Waals surface area contributed by atoms with E-state index in [4.69, 9.17) is 22.2 Å². The maximum absolute atomic E-state index is 6.58. The van der Waals surface area contributed by atoms with Crippen LogP contribution in [0.5, 0.6) is 0 Å². The highest BCUT2D eigenvalue weighted by Crippen LogP contribution is 2.34. The lowest BCUT2D eigenvalue weighted by Gasteiger charge is -2.44. The fraction of sp³-hybridized carbons (Fsp3) is 1.00. The molecule has 1 aliphatic heterocycles. The van der Waals surface area contributed by atoms with Gasteiger partial charge in [-0.2, -0.15) is 0 Å². The van der Waals surface area contributed by atoms with E-state index in [0.717, 1.165) is 13.1 Å². The quantitative estimate of drug-likeness (QED) is 0.571. The molecule has 0 N–H and O–H groups in total. The highest BCUT2D eigenvalue weighted by Gasteiger charge is 2.52. The van der Waals surface area contributed by atoms with Crippen LogP contribution >= 0.6 is 22.2 Å². The van der Waals surface area contributed by atoms with Crippen molar-refractivity contribution in [2.45, 2.75) is 39.3 Å². The Morgan fingerprint density at radius 1 is 0.867 bits per heavy atom. The molecule has 1 heterocycles. The molecular formula is C8H22Cl2N2Si3. The predicted molar refractivity (Wildman–Crippen MR) is 77.6 cm³/mol. The first-order valence-corrected chi connectivity index (χ1v) is 16.2. The minimum Gasteiger partial charge on any atom is -0.321 e. The zero-order chi connectivity index (χ0) is 12.1. The summed E-state index contributed by atoms with van der Waals surface area (Å²) >= 11 is 13.2. The van der Waals surface area contributed by atoms with Gasteiger partial charge in [0, 0.05) is 0 Å². The first kappa shape index (κ1) is 14.2. The molecule has 7 heteroatoms. The Bertz CT molecular complexity index is 223. The van der Waals surface area contributed by atoms with Crippen LogP contribution in [-0.2, 0) is 0 Å². The lowest BCUT2D eigenvalue weighted by molar-refractivity contribution is 0.665. The summed E-state index contributed by atoms with van der Waals surface area (Å²) in [5, 5.41) is 0. The summed E-state index contributed by atoms with van der Waals surface area (Å²) in [6, 6.07) is 0. The topological polar surface area (TPSA) is 6.48 Å². The lowest BCUT2D eigenvalue weighted by Crippen LogP contribution is -2.65. The Balaban J connectivity index is 2.95. The van der Waals surface area contributed by atoms with E-state index in [1.807, 2.05) is 0 Å². The van der Waals surface area contributed by atoms with E-state index < -0.39 is 23.5 Å². The summed E-state index contributed by atoms with van der Waals surface area (Å²) < 4.78 is 5.19. The third-order valence-corrected chi connectivity index (χ3v) is 18.0. The molecule has 0 unspecified atom stereocenters. The minimum atomic E-state index is -1.69. The number of hydrogen-bond acceptors (Lipinski definition) is 2. The summed E-state index contributed by atoms with van der Waals surface area (Å²) in [7, 11) is -4.93. The van der Waals surface area contributed by atoms with E-state index in [2.05, 4.69) is 47.7 Å². The Labute approximate surface area is 106 Å². The largest absolute Gasteiger partial charge is 0.321 e. The van der Waals surface area contributed by atoms with Gasteiger partial charge in [-0.1, -0.05) is 0 Å². The summed E-state index contributed by atoms with van der Waals surface area (Å²) in [5.41, 5.74) is 0. The molecule has 1 saturated heterocycles. The molecule has 1 aliphatic rings. The van der Waals surface area contributed by atoms with Crippen LogP contribution in [0.3, 0.4) is 0 Å². The molecule has 0 aromatic rings. The van der Waals surface area contributed by atoms with Gasteiger partial charge in [0.2, 0.25) is 15.1 Å². The van der Waals surface area contributed by atoms with Gasteiger partial charge in [0.15, 0.2) is 8.40 Å². The Morgan fingerprint density at radius 2 is 1.13 bits per heavy atom. The second kappa shape index (κ2) is 4.12. The van der Waals surface area contributed by atoms with Gasteiger partial charge in [0.25, 0.3) is 0 Å². The van der Waals surface area contributed by atoms with Crippen LogP contribution in [-0.4, -0.2) is 45.0 Å². The molecule has 1 rings (SSSR count). The average molecular weight is 301 g/mol. The summed E-state index contributed by atoms with van der Waals surface area (Å²) in [6.07, 6.45) is 0. The third-order valence-electron chi connectivity index (χ3n) is 3.15. The highest BCUT2D eigenvalue weighted by atomic mass is 35.6. The molecule has 90 valence electrons. The van der Waals surface area contributed by atoms with E-state index in [1.54, 1.807) is 0 Å². The van der Waals surface area contributed by atoms with Crippen molar-refractivity contribution >= 4 is 45.6 Å². The van der Waals surface area contributed by atoms with Gasteiger partial charge < -0.3 is 8.46 Å². The van der Waals surface area contributed by atoms with Gasteiger partial charge in [0.1, 0.15) is 0 Å². The molecule has 15 heavy (non-hydrogen) atoms. The van der Waals surface area contributed by atoms with Crippen LogP contribution in [0.15, 0.2) is 0 Å². The van der Waals surface area contributed by atoms with Crippen LogP contribution in [0.2, 0.25) is 39.3 Å². The Kier molecular flexibility index (Phi) is 3.90. The van der Waals surface area contributed by atoms with Gasteiger partial charge >= 0.3 is 0 Å². The highest BCUT2D eigenvalue weighted by molar-refractivity contribution is 7.24. The van der Waals surface area contributed by atoms with Crippen molar-refractivity contribution in [2.24, 2.45) is 0 Å². The standard InChI is InChI=1S/C8H22Cl2N2Si3/c1-13(2,9)11-7-8-12(14(3,4)10)15(11,5)6/h7-8H2,1-6H3. The summed E-state index contributed by atoms with van der Waals surface area (Å²) in [5.74, 6) is 0. The molecule has 0 amide bonds. The number of hydrogen-bond donors (Lipinski definition) is 0. The van der Waals surface area contributed by atoms with E-state index in [1.165, 1.54) is 0 Å². The first-order valence-electron chi connectivity index (χ1n) is 5.40. The molecule has 0 radical (unpaired) electrons. The summed E-state index contributed by atoms with van der Waals surface area (Å²) in [6.45, 7) is 15.9. The van der Waals surface area contributed by atoms with E-state index in [9.17, 15) is 0 Å². The summed E-state index contributed by atoms with van der Waals surface area (Å²) in [4.78, 5) is 0. The van der Waals surface area contributed by atoms with Crippen LogP contribution < -0.4 is 0 Å². The van der Waals surface area contributed by atoms with Crippen molar-refractivity contribution in [3.63, 3.8) is 0 Å². The Hall–Kier alpha value is 1.15. The van der Waals surface area contributed by atoms with Crippen molar-refractivity contribution in [3.05, 3.63) is 0 Å². The van der Waals surface area contributed by atoms with Gasteiger partial charge in [0.05, 0.1) is 0 Å². The minimum absolute atomic E-state index is 1.12. The van der Waals surface area contributed by atoms with Gasteiger partial charge in [-0.15, -0.1) is 22.2 Å². The predicted octanol–water partition coefficient (Wildman–Crippen LogP) is 3.19. The molecule has 0 aromatic carbocycles. The van der Waals surface area contributed by atoms with Gasteiger partial charge in [-0.25, -0.2) is 0 Å². The maximum atomic E-state index is 6.58. The molecule has 0 atom stereocenters. The zero-order valence-corrected chi connectivity index (χ0v) is 15.1. The van der Waals surface area contributed by atoms with Crippen LogP contribution in [0, 0.1) is 0 Å². The van der Waals surface area contributed by atoms with Crippen molar-refractivity contribution in [3.8, 4) is 0 Å². The van der Waals surface area contributed by atoms with Crippen molar-refractivity contribution in [1.29, 1.82) is 0 Å². The SMILES string of the molecule is C[Si](C)(Cl)N1CCN([Si](C)(C)Cl)[Si]1(C)C. The number of rotatable bonds is 2. The second-order valence-corrected chi connectivity index (χ2v) is 22.8. The van der Waals surface area contributed by atoms with Crippen LogP contribution in [0.4, 0.5) is 0 Å². The number of halogens is 2. The maximum Gasteiger partial charge on any atom is 0.217 e. The molecule has 0 saturated carbocycles. The molecule has 2 nitrogen and oxygen atoms in total.